The first-order valence-corrected chi connectivity index (χ1v) is 26.0. The van der Waals surface area contributed by atoms with Gasteiger partial charge in [-0.15, -0.1) is 0 Å². The lowest BCUT2D eigenvalue weighted by Gasteiger charge is -3.26. The summed E-state index contributed by atoms with van der Waals surface area (Å²) in [5, 5.41) is 0. The van der Waals surface area contributed by atoms with Gasteiger partial charge in [0.15, 0.2) is 0 Å². The van der Waals surface area contributed by atoms with Crippen LogP contribution in [0.4, 0.5) is 0 Å². The van der Waals surface area contributed by atoms with Gasteiger partial charge in [-0.25, -0.2) is 0 Å². The molecule has 0 nitrogen and oxygen atoms in total. The summed E-state index contributed by atoms with van der Waals surface area (Å²) >= 11 is 0. The van der Waals surface area contributed by atoms with Crippen LogP contribution in [0.2, 0.25) is 0 Å². The summed E-state index contributed by atoms with van der Waals surface area (Å²) in [6.45, 7) is 84.1. The van der Waals surface area contributed by atoms with E-state index in [1.165, 1.54) is 12.8 Å². The van der Waals surface area contributed by atoms with E-state index in [0.717, 1.165) is 5.92 Å². The van der Waals surface area contributed by atoms with E-state index in [9.17, 15) is 0 Å². The zero-order valence-electron chi connectivity index (χ0n) is 44.1. The molecule has 0 heteroatoms. The Morgan fingerprint density at radius 3 is 0.695 bits per heavy atom. The molecule has 17 saturated carbocycles. The lowest BCUT2D eigenvalue weighted by molar-refractivity contribution is -0.801. The number of hydrogen-bond donors (Lipinski definition) is 0. The highest BCUT2D eigenvalue weighted by molar-refractivity contribution is 5.75. The molecule has 0 amide bonds. The van der Waals surface area contributed by atoms with Crippen LogP contribution >= 0.6 is 0 Å². The van der Waals surface area contributed by atoms with Gasteiger partial charge < -0.3 is 0 Å². The normalized spacial score (nSPS) is 93.8. The van der Waals surface area contributed by atoms with E-state index in [2.05, 4.69) is 194 Å². The molecule has 1 spiro atoms. The summed E-state index contributed by atoms with van der Waals surface area (Å²) in [4.78, 5) is 0. The molecule has 59 heavy (non-hydrogen) atoms. The highest BCUT2D eigenvalue weighted by Crippen LogP contribution is 3.32. The molecule has 326 valence electrons. The van der Waals surface area contributed by atoms with Crippen LogP contribution in [0.5, 0.6) is 0 Å². The molecule has 0 aromatic carbocycles. The van der Waals surface area contributed by atoms with Crippen LogP contribution in [0.25, 0.3) is 0 Å². The van der Waals surface area contributed by atoms with Gasteiger partial charge in [-0.3, -0.25) is 0 Å². The zero-order chi connectivity index (χ0) is 44.1. The van der Waals surface area contributed by atoms with E-state index in [1.807, 2.05) is 0 Å². The second-order valence-corrected chi connectivity index (χ2v) is 33.0. The smallest absolute Gasteiger partial charge is 0.00541 e. The fourth-order valence-electron chi connectivity index (χ4n) is 41.3. The molecular weight excluding hydrogens is 709 g/mol. The topological polar surface area (TPSA) is 0 Å². The van der Waals surface area contributed by atoms with Crippen LogP contribution in [0, 0.1) is 158 Å². The summed E-state index contributed by atoms with van der Waals surface area (Å²) in [5.74, 6) is 1.39. The molecular formula is C59H90. The van der Waals surface area contributed by atoms with Gasteiger partial charge in [-0.05, 0) is 171 Å². The molecule has 0 radical (unpaired) electrons. The van der Waals surface area contributed by atoms with Gasteiger partial charge in [-0.1, -0.05) is 194 Å². The Labute approximate surface area is 363 Å². The Balaban J connectivity index is 1.20. The third-order valence-corrected chi connectivity index (χ3v) is 41.9. The van der Waals surface area contributed by atoms with Crippen molar-refractivity contribution in [2.45, 2.75) is 207 Å². The van der Waals surface area contributed by atoms with Crippen molar-refractivity contribution in [3.05, 3.63) is 0 Å². The standard InChI is InChI=1S/C59H90/c1-31-33(3)29-35(5)37(31,7)41(11)39(35,9)43(13)45(41,15)49(19)47(43,17)51(21)53(49,23)57(27)55(51,25)58(28)54(24)50(20)46(16)42(12)38(8)32(2)34(4)30-36(38,6)40(10,59(33,34)42)44(46,14)48(50,18)52(54,22)56(57,58)26/h31-32H,29-30H2,1-28H3. The van der Waals surface area contributed by atoms with Crippen LogP contribution < -0.4 is 0 Å². The van der Waals surface area contributed by atoms with E-state index in [1.54, 1.807) is 0 Å². The Kier molecular flexibility index (Phi) is 4.12. The summed E-state index contributed by atoms with van der Waals surface area (Å²) in [7, 11) is 0. The SMILES string of the molecule is CC1C2(C)CC3(C)C1(C)C1(C)C3(C)C3(C)C1(C)C1(C)C3(C)C3(C)C1(C)C1(C)C3(C)C3(C)C1(C)C1(C)C3(C)C3(C)C1(C)C1(C)C3(C)C3(C)C4(C)C(C)C5(C)CC4(C)C1(C)C253. The fraction of sp³-hybridized carbons (Fsp3) is 1.00. The lowest BCUT2D eigenvalue weighted by atomic mass is 8.77. The van der Waals surface area contributed by atoms with E-state index < -0.39 is 0 Å². The third kappa shape index (κ3) is 1.34. The minimum absolute atomic E-state index is 0.213. The van der Waals surface area contributed by atoms with Gasteiger partial charge in [0.25, 0.3) is 0 Å². The summed E-state index contributed by atoms with van der Waals surface area (Å²) in [6, 6.07) is 0. The van der Waals surface area contributed by atoms with Crippen molar-refractivity contribution in [3.8, 4) is 0 Å². The first kappa shape index (κ1) is 37.2. The molecule has 17 rings (SSSR count). The zero-order valence-corrected chi connectivity index (χ0v) is 44.1. The molecule has 17 fully saturated rings. The molecule has 0 N–H and O–H groups in total. The highest BCUT2D eigenvalue weighted by atomic mass is 15.3. The van der Waals surface area contributed by atoms with Crippen LogP contribution in [-0.4, -0.2) is 0 Å². The molecule has 0 aromatic heterocycles. The molecule has 17 aliphatic carbocycles. The molecule has 0 aromatic rings. The molecule has 17 aliphatic rings. The van der Waals surface area contributed by atoms with Crippen molar-refractivity contribution in [1.29, 1.82) is 0 Å². The minimum atomic E-state index is 0.213. The van der Waals surface area contributed by atoms with Gasteiger partial charge >= 0.3 is 0 Å². The van der Waals surface area contributed by atoms with Crippen LogP contribution in [0.3, 0.4) is 0 Å². The van der Waals surface area contributed by atoms with Crippen molar-refractivity contribution in [2.24, 2.45) is 158 Å². The lowest BCUT2D eigenvalue weighted by Crippen LogP contribution is -3.23. The van der Waals surface area contributed by atoms with Crippen LogP contribution in [0.15, 0.2) is 0 Å². The Bertz CT molecular complexity index is 2520. The molecule has 0 heterocycles. The summed E-state index contributed by atoms with van der Waals surface area (Å²) < 4.78 is 0. The second kappa shape index (κ2) is 6.52. The van der Waals surface area contributed by atoms with Gasteiger partial charge in [0, 0.05) is 0 Å². The summed E-state index contributed by atoms with van der Waals surface area (Å²) in [6.07, 6.45) is 2.89. The molecule has 0 aliphatic heterocycles. The predicted molar refractivity (Wildman–Crippen MR) is 241 cm³/mol. The Morgan fingerprint density at radius 2 is 0.407 bits per heavy atom. The van der Waals surface area contributed by atoms with Crippen molar-refractivity contribution >= 4 is 0 Å². The second-order valence-electron chi connectivity index (χ2n) is 33.0. The molecule has 29 unspecified atom stereocenters. The summed E-state index contributed by atoms with van der Waals surface area (Å²) in [5.41, 5.74) is 7.06. The average molecular weight is 799 g/mol. The Morgan fingerprint density at radius 1 is 0.220 bits per heavy atom. The van der Waals surface area contributed by atoms with Crippen molar-refractivity contribution < 1.29 is 0 Å². The maximum atomic E-state index is 3.11. The van der Waals surface area contributed by atoms with E-state index >= 15 is 0 Å². The highest BCUT2D eigenvalue weighted by Gasteiger charge is 3.29. The minimum Gasteiger partial charge on any atom is -0.0614 e. The van der Waals surface area contributed by atoms with Gasteiger partial charge in [0.1, 0.15) is 0 Å². The van der Waals surface area contributed by atoms with Gasteiger partial charge in [0.2, 0.25) is 0 Å². The van der Waals surface area contributed by atoms with Gasteiger partial charge in [-0.2, -0.15) is 0 Å². The van der Waals surface area contributed by atoms with Crippen LogP contribution in [0.1, 0.15) is 207 Å². The first-order chi connectivity index (χ1) is 26.0. The third-order valence-electron chi connectivity index (χ3n) is 41.9. The molecule has 11 bridgehead atoms. The monoisotopic (exact) mass is 799 g/mol. The van der Waals surface area contributed by atoms with Gasteiger partial charge in [0.05, 0.1) is 0 Å². The Hall–Kier alpha value is 0. The average Bonchev–Trinajstić information content (AvgIpc) is 3.68. The van der Waals surface area contributed by atoms with E-state index in [4.69, 9.17) is 0 Å². The van der Waals surface area contributed by atoms with E-state index in [-0.39, 0.29) is 135 Å². The van der Waals surface area contributed by atoms with Crippen molar-refractivity contribution in [2.75, 3.05) is 0 Å². The molecule has 29 atom stereocenters. The fourth-order valence-corrected chi connectivity index (χ4v) is 41.3. The molecule has 0 saturated heterocycles. The maximum Gasteiger partial charge on any atom is -0.00541 e. The number of hydrogen-bond acceptors (Lipinski definition) is 0. The largest absolute Gasteiger partial charge is 0.0614 e. The van der Waals surface area contributed by atoms with Crippen LogP contribution in [-0.2, 0) is 0 Å². The van der Waals surface area contributed by atoms with E-state index in [0.29, 0.717) is 16.7 Å². The maximum absolute atomic E-state index is 3.11. The van der Waals surface area contributed by atoms with Crippen molar-refractivity contribution in [3.63, 3.8) is 0 Å². The van der Waals surface area contributed by atoms with Crippen molar-refractivity contribution in [1.82, 2.24) is 0 Å². The number of rotatable bonds is 0. The first-order valence-electron chi connectivity index (χ1n) is 26.0. The predicted octanol–water partition coefficient (Wildman–Crippen LogP) is 15.4. The quantitative estimate of drug-likeness (QED) is 0.229.